The minimum absolute atomic E-state index is 0.0799. The molecule has 0 bridgehead atoms. The lowest BCUT2D eigenvalue weighted by molar-refractivity contribution is -0.0316. The Bertz CT molecular complexity index is 258. The lowest BCUT2D eigenvalue weighted by Crippen LogP contribution is -2.36. The predicted molar refractivity (Wildman–Crippen MR) is 80.5 cm³/mol. The largest absolute Gasteiger partial charge is 0.383 e. The second-order valence-corrected chi connectivity index (χ2v) is 7.53. The Hall–Kier alpha value is -0.120. The summed E-state index contributed by atoms with van der Waals surface area (Å²) in [7, 11) is 1.75. The number of ether oxygens (including phenoxy) is 2. The van der Waals surface area contributed by atoms with Gasteiger partial charge in [0.2, 0.25) is 0 Å². The van der Waals surface area contributed by atoms with Crippen LogP contribution in [0.3, 0.4) is 0 Å². The molecule has 0 aromatic heterocycles. The average molecular weight is 271 g/mol. The summed E-state index contributed by atoms with van der Waals surface area (Å²) in [5.74, 6) is 0.642. The molecule has 0 aromatic rings. The van der Waals surface area contributed by atoms with Gasteiger partial charge in [0.05, 0.1) is 18.3 Å². The third-order valence-corrected chi connectivity index (χ3v) is 4.20. The van der Waals surface area contributed by atoms with Crippen molar-refractivity contribution in [1.82, 2.24) is 5.32 Å². The minimum atomic E-state index is 0.0799. The highest BCUT2D eigenvalue weighted by Gasteiger charge is 2.35. The molecule has 0 amide bonds. The molecule has 3 heteroatoms. The first kappa shape index (κ1) is 16.9. The second kappa shape index (κ2) is 7.05. The van der Waals surface area contributed by atoms with Gasteiger partial charge in [0.25, 0.3) is 0 Å². The van der Waals surface area contributed by atoms with Crippen molar-refractivity contribution in [3.05, 3.63) is 0 Å². The van der Waals surface area contributed by atoms with Gasteiger partial charge in [0.15, 0.2) is 0 Å². The van der Waals surface area contributed by atoms with Gasteiger partial charge in [-0.3, -0.25) is 0 Å². The van der Waals surface area contributed by atoms with Crippen LogP contribution in [0.2, 0.25) is 0 Å². The molecule has 19 heavy (non-hydrogen) atoms. The maximum absolute atomic E-state index is 6.15. The fourth-order valence-electron chi connectivity index (χ4n) is 2.75. The molecule has 0 saturated carbocycles. The molecule has 114 valence electrons. The van der Waals surface area contributed by atoms with Crippen LogP contribution in [0, 0.1) is 11.3 Å². The lowest BCUT2D eigenvalue weighted by atomic mass is 9.77. The molecule has 0 radical (unpaired) electrons. The van der Waals surface area contributed by atoms with Crippen LogP contribution in [0.1, 0.15) is 53.9 Å². The SMILES string of the molecule is COCCNCC(CC1CCC(C)(C)O1)C(C)(C)C. The predicted octanol–water partition coefficient (Wildman–Crippen LogP) is 3.23. The van der Waals surface area contributed by atoms with Crippen molar-refractivity contribution in [3.63, 3.8) is 0 Å². The number of methoxy groups -OCH3 is 1. The molecular weight excluding hydrogens is 238 g/mol. The van der Waals surface area contributed by atoms with Gasteiger partial charge in [-0.2, -0.15) is 0 Å². The quantitative estimate of drug-likeness (QED) is 0.721. The standard InChI is InChI=1S/C16H33NO2/c1-15(2,3)13(12-17-9-10-18-6)11-14-7-8-16(4,5)19-14/h13-14,17H,7-12H2,1-6H3. The zero-order chi connectivity index (χ0) is 14.5. The van der Waals surface area contributed by atoms with E-state index in [4.69, 9.17) is 9.47 Å². The van der Waals surface area contributed by atoms with Gasteiger partial charge < -0.3 is 14.8 Å². The van der Waals surface area contributed by atoms with E-state index < -0.39 is 0 Å². The van der Waals surface area contributed by atoms with Crippen LogP contribution in [-0.2, 0) is 9.47 Å². The average Bonchev–Trinajstić information content (AvgIpc) is 2.61. The Balaban J connectivity index is 2.42. The van der Waals surface area contributed by atoms with E-state index in [0.717, 1.165) is 26.1 Å². The van der Waals surface area contributed by atoms with E-state index in [2.05, 4.69) is 39.9 Å². The van der Waals surface area contributed by atoms with Crippen molar-refractivity contribution >= 4 is 0 Å². The summed E-state index contributed by atoms with van der Waals surface area (Å²) in [6.45, 7) is 14.2. The van der Waals surface area contributed by atoms with E-state index in [1.54, 1.807) is 7.11 Å². The number of hydrogen-bond acceptors (Lipinski definition) is 3. The van der Waals surface area contributed by atoms with Crippen molar-refractivity contribution in [3.8, 4) is 0 Å². The Morgan fingerprint density at radius 2 is 2.05 bits per heavy atom. The van der Waals surface area contributed by atoms with Crippen LogP contribution >= 0.6 is 0 Å². The highest BCUT2D eigenvalue weighted by Crippen LogP contribution is 2.37. The molecule has 1 N–H and O–H groups in total. The van der Waals surface area contributed by atoms with Gasteiger partial charge in [0, 0.05) is 13.7 Å². The summed E-state index contributed by atoms with van der Waals surface area (Å²) in [5, 5.41) is 3.51. The van der Waals surface area contributed by atoms with Gasteiger partial charge in [-0.1, -0.05) is 20.8 Å². The van der Waals surface area contributed by atoms with E-state index in [1.165, 1.54) is 12.8 Å². The van der Waals surface area contributed by atoms with Gasteiger partial charge in [-0.25, -0.2) is 0 Å². The highest BCUT2D eigenvalue weighted by atomic mass is 16.5. The number of nitrogens with one attached hydrogen (secondary N) is 1. The van der Waals surface area contributed by atoms with Crippen LogP contribution in [0.15, 0.2) is 0 Å². The summed E-state index contributed by atoms with van der Waals surface area (Å²) >= 11 is 0. The zero-order valence-corrected chi connectivity index (χ0v) is 13.7. The van der Waals surface area contributed by atoms with E-state index in [0.29, 0.717) is 17.4 Å². The van der Waals surface area contributed by atoms with Crippen LogP contribution in [0.25, 0.3) is 0 Å². The minimum Gasteiger partial charge on any atom is -0.383 e. The molecule has 3 nitrogen and oxygen atoms in total. The fraction of sp³-hybridized carbons (Fsp3) is 1.00. The lowest BCUT2D eigenvalue weighted by Gasteiger charge is -2.33. The van der Waals surface area contributed by atoms with E-state index >= 15 is 0 Å². The fourth-order valence-corrected chi connectivity index (χ4v) is 2.75. The summed E-state index contributed by atoms with van der Waals surface area (Å²) < 4.78 is 11.2. The van der Waals surface area contributed by atoms with Gasteiger partial charge in [-0.05, 0) is 51.0 Å². The van der Waals surface area contributed by atoms with Gasteiger partial charge >= 0.3 is 0 Å². The Labute approximate surface area is 119 Å². The topological polar surface area (TPSA) is 30.5 Å². The third-order valence-electron chi connectivity index (χ3n) is 4.20. The molecule has 2 atom stereocenters. The maximum atomic E-state index is 6.15. The summed E-state index contributed by atoms with van der Waals surface area (Å²) in [4.78, 5) is 0. The van der Waals surface area contributed by atoms with E-state index in [1.807, 2.05) is 0 Å². The zero-order valence-electron chi connectivity index (χ0n) is 13.7. The summed E-state index contributed by atoms with van der Waals surface area (Å²) in [5.41, 5.74) is 0.396. The molecule has 1 saturated heterocycles. The first-order valence-electron chi connectivity index (χ1n) is 7.62. The molecule has 2 unspecified atom stereocenters. The Kier molecular flexibility index (Phi) is 6.28. The van der Waals surface area contributed by atoms with Crippen molar-refractivity contribution in [1.29, 1.82) is 0 Å². The van der Waals surface area contributed by atoms with Gasteiger partial charge in [0.1, 0.15) is 0 Å². The molecule has 0 spiro atoms. The normalized spacial score (nSPS) is 24.6. The van der Waals surface area contributed by atoms with Crippen LogP contribution < -0.4 is 5.32 Å². The Morgan fingerprint density at radius 1 is 1.37 bits per heavy atom. The Morgan fingerprint density at radius 3 is 2.53 bits per heavy atom. The third kappa shape index (κ3) is 6.24. The van der Waals surface area contributed by atoms with Crippen molar-refractivity contribution in [2.24, 2.45) is 11.3 Å². The molecule has 1 aliphatic rings. The first-order chi connectivity index (χ1) is 8.74. The van der Waals surface area contributed by atoms with Crippen LogP contribution in [0.5, 0.6) is 0 Å². The first-order valence-corrected chi connectivity index (χ1v) is 7.62. The number of hydrogen-bond donors (Lipinski definition) is 1. The molecule has 1 rings (SSSR count). The van der Waals surface area contributed by atoms with Gasteiger partial charge in [-0.15, -0.1) is 0 Å². The second-order valence-electron chi connectivity index (χ2n) is 7.53. The van der Waals surface area contributed by atoms with Crippen molar-refractivity contribution in [2.75, 3.05) is 26.8 Å². The maximum Gasteiger partial charge on any atom is 0.0631 e. The summed E-state index contributed by atoms with van der Waals surface area (Å²) in [6, 6.07) is 0. The van der Waals surface area contributed by atoms with Crippen LogP contribution in [0.4, 0.5) is 0 Å². The molecule has 0 aromatic carbocycles. The monoisotopic (exact) mass is 271 g/mol. The highest BCUT2D eigenvalue weighted by molar-refractivity contribution is 4.85. The molecular formula is C16H33NO2. The summed E-state index contributed by atoms with van der Waals surface area (Å²) in [6.07, 6.45) is 3.99. The van der Waals surface area contributed by atoms with E-state index in [-0.39, 0.29) is 5.60 Å². The molecule has 0 aliphatic carbocycles. The van der Waals surface area contributed by atoms with Crippen molar-refractivity contribution < 1.29 is 9.47 Å². The smallest absolute Gasteiger partial charge is 0.0631 e. The van der Waals surface area contributed by atoms with Crippen molar-refractivity contribution in [2.45, 2.75) is 65.6 Å². The van der Waals surface area contributed by atoms with Crippen LogP contribution in [-0.4, -0.2) is 38.5 Å². The molecule has 1 heterocycles. The molecule has 1 aliphatic heterocycles. The number of rotatable bonds is 7. The van der Waals surface area contributed by atoms with E-state index in [9.17, 15) is 0 Å². The molecule has 1 fully saturated rings.